The summed E-state index contributed by atoms with van der Waals surface area (Å²) >= 11 is 0.649. The van der Waals surface area contributed by atoms with E-state index >= 15 is 0 Å². The van der Waals surface area contributed by atoms with E-state index in [9.17, 15) is 0 Å². The quantitative estimate of drug-likeness (QED) is 0.473. The predicted molar refractivity (Wildman–Crippen MR) is 34.2 cm³/mol. The standard InChI is InChI=1S/C5H12O2Se/c1-6-5(7-2)4-8-3/h5H,4H2,1-3H3. The predicted octanol–water partition coefficient (Wildman–Crippen LogP) is 0.776. The maximum absolute atomic E-state index is 4.93. The van der Waals surface area contributed by atoms with E-state index in [-0.39, 0.29) is 6.29 Å². The molecule has 8 heavy (non-hydrogen) atoms. The number of methoxy groups -OCH3 is 2. The molecule has 0 heterocycles. The van der Waals surface area contributed by atoms with Gasteiger partial charge in [-0.3, -0.25) is 0 Å². The molecule has 3 heteroatoms. The minimum absolute atomic E-state index is 0.0278. The van der Waals surface area contributed by atoms with E-state index in [1.54, 1.807) is 14.2 Å². The van der Waals surface area contributed by atoms with Gasteiger partial charge in [0.15, 0.2) is 0 Å². The molecule has 0 unspecified atom stereocenters. The molecule has 0 spiro atoms. The van der Waals surface area contributed by atoms with Crippen LogP contribution in [0.15, 0.2) is 0 Å². The van der Waals surface area contributed by atoms with Crippen LogP contribution in [0.2, 0.25) is 11.1 Å². The first kappa shape index (κ1) is 8.44. The zero-order valence-corrected chi connectivity index (χ0v) is 7.22. The van der Waals surface area contributed by atoms with Crippen LogP contribution in [-0.2, 0) is 9.47 Å². The first-order chi connectivity index (χ1) is 3.85. The summed E-state index contributed by atoms with van der Waals surface area (Å²) in [5.41, 5.74) is 0. The van der Waals surface area contributed by atoms with E-state index in [4.69, 9.17) is 9.47 Å². The fourth-order valence-corrected chi connectivity index (χ4v) is 1.51. The van der Waals surface area contributed by atoms with Crippen LogP contribution < -0.4 is 0 Å². The Morgan fingerprint density at radius 1 is 1.38 bits per heavy atom. The van der Waals surface area contributed by atoms with E-state index in [2.05, 4.69) is 5.82 Å². The number of ether oxygens (including phenoxy) is 2. The van der Waals surface area contributed by atoms with E-state index < -0.39 is 0 Å². The number of hydrogen-bond acceptors (Lipinski definition) is 2. The molecule has 0 N–H and O–H groups in total. The van der Waals surface area contributed by atoms with Gasteiger partial charge < -0.3 is 0 Å². The molecular weight excluding hydrogens is 171 g/mol. The molecule has 0 aromatic heterocycles. The van der Waals surface area contributed by atoms with Gasteiger partial charge in [0.25, 0.3) is 0 Å². The summed E-state index contributed by atoms with van der Waals surface area (Å²) in [4.78, 5) is 0. The van der Waals surface area contributed by atoms with Crippen LogP contribution in [0.4, 0.5) is 0 Å². The second-order valence-corrected chi connectivity index (χ2v) is 3.27. The molecule has 50 valence electrons. The molecule has 2 nitrogen and oxygen atoms in total. The van der Waals surface area contributed by atoms with Gasteiger partial charge in [0.1, 0.15) is 0 Å². The number of rotatable bonds is 4. The van der Waals surface area contributed by atoms with Crippen LogP contribution in [0.1, 0.15) is 0 Å². The van der Waals surface area contributed by atoms with Gasteiger partial charge >= 0.3 is 56.1 Å². The van der Waals surface area contributed by atoms with Gasteiger partial charge in [0.2, 0.25) is 0 Å². The Balaban J connectivity index is 3.07. The van der Waals surface area contributed by atoms with Gasteiger partial charge in [-0.2, -0.15) is 0 Å². The van der Waals surface area contributed by atoms with E-state index in [0.717, 1.165) is 5.32 Å². The zero-order chi connectivity index (χ0) is 6.41. The normalized spacial score (nSPS) is 10.5. The second-order valence-electron chi connectivity index (χ2n) is 1.36. The summed E-state index contributed by atoms with van der Waals surface area (Å²) in [5.74, 6) is 2.16. The Hall–Kier alpha value is 0.439. The first-order valence-electron chi connectivity index (χ1n) is 2.39. The average molecular weight is 183 g/mol. The van der Waals surface area contributed by atoms with E-state index in [1.807, 2.05) is 0 Å². The van der Waals surface area contributed by atoms with Gasteiger partial charge in [0.05, 0.1) is 0 Å². The minimum atomic E-state index is 0.0278. The summed E-state index contributed by atoms with van der Waals surface area (Å²) in [6, 6.07) is 0. The number of hydrogen-bond donors (Lipinski definition) is 0. The summed E-state index contributed by atoms with van der Waals surface area (Å²) in [6.07, 6.45) is 0.0278. The van der Waals surface area contributed by atoms with Crippen LogP contribution in [0.5, 0.6) is 0 Å². The summed E-state index contributed by atoms with van der Waals surface area (Å²) < 4.78 is 9.87. The molecule has 0 aliphatic rings. The molecule has 0 aliphatic carbocycles. The van der Waals surface area contributed by atoms with E-state index in [0.29, 0.717) is 15.0 Å². The molecule has 0 saturated heterocycles. The van der Waals surface area contributed by atoms with Crippen LogP contribution in [0.25, 0.3) is 0 Å². The SMILES string of the molecule is COC(C[Se]C)OC. The van der Waals surface area contributed by atoms with Crippen LogP contribution in [0.3, 0.4) is 0 Å². The monoisotopic (exact) mass is 184 g/mol. The topological polar surface area (TPSA) is 18.5 Å². The fraction of sp³-hybridized carbons (Fsp3) is 1.00. The van der Waals surface area contributed by atoms with Crippen molar-refractivity contribution < 1.29 is 9.47 Å². The van der Waals surface area contributed by atoms with Crippen molar-refractivity contribution in [3.8, 4) is 0 Å². The molecule has 0 bridgehead atoms. The van der Waals surface area contributed by atoms with Crippen LogP contribution in [-0.4, -0.2) is 35.5 Å². The molecule has 0 rings (SSSR count). The molecule has 0 atom stereocenters. The summed E-state index contributed by atoms with van der Waals surface area (Å²) in [6.45, 7) is 0. The van der Waals surface area contributed by atoms with Gasteiger partial charge in [-0.1, -0.05) is 0 Å². The molecule has 0 radical (unpaired) electrons. The first-order valence-corrected chi connectivity index (χ1v) is 5.32. The molecule has 0 aliphatic heterocycles. The fourth-order valence-electron chi connectivity index (χ4n) is 0.368. The summed E-state index contributed by atoms with van der Waals surface area (Å²) in [7, 11) is 3.33. The average Bonchev–Trinajstić information content (AvgIpc) is 1.83. The Morgan fingerprint density at radius 2 is 1.88 bits per heavy atom. The van der Waals surface area contributed by atoms with Crippen molar-refractivity contribution >= 4 is 15.0 Å². The van der Waals surface area contributed by atoms with Crippen LogP contribution in [0, 0.1) is 0 Å². The Morgan fingerprint density at radius 3 is 2.00 bits per heavy atom. The van der Waals surface area contributed by atoms with Crippen molar-refractivity contribution in [1.29, 1.82) is 0 Å². The maximum atomic E-state index is 4.93. The van der Waals surface area contributed by atoms with Gasteiger partial charge in [-0.05, 0) is 0 Å². The second kappa shape index (κ2) is 5.57. The molecule has 0 amide bonds. The van der Waals surface area contributed by atoms with Gasteiger partial charge in [0, 0.05) is 0 Å². The molecule has 0 aromatic rings. The molecule has 0 saturated carbocycles. The van der Waals surface area contributed by atoms with Crippen molar-refractivity contribution in [2.75, 3.05) is 14.2 Å². The molecule has 0 aromatic carbocycles. The third kappa shape index (κ3) is 3.44. The Kier molecular flexibility index (Phi) is 5.88. The van der Waals surface area contributed by atoms with Crippen molar-refractivity contribution in [2.24, 2.45) is 0 Å². The summed E-state index contributed by atoms with van der Waals surface area (Å²) in [5, 5.41) is 1.04. The molecular formula is C5H12O2Se. The Bertz CT molecular complexity index is 45.7. The zero-order valence-electron chi connectivity index (χ0n) is 5.51. The Labute approximate surface area is 56.7 Å². The van der Waals surface area contributed by atoms with Gasteiger partial charge in [-0.15, -0.1) is 0 Å². The van der Waals surface area contributed by atoms with Crippen molar-refractivity contribution in [3.05, 3.63) is 0 Å². The van der Waals surface area contributed by atoms with Gasteiger partial charge in [-0.25, -0.2) is 0 Å². The van der Waals surface area contributed by atoms with Crippen molar-refractivity contribution in [3.63, 3.8) is 0 Å². The van der Waals surface area contributed by atoms with E-state index in [1.165, 1.54) is 0 Å². The van der Waals surface area contributed by atoms with Crippen molar-refractivity contribution in [2.45, 2.75) is 17.4 Å². The third-order valence-corrected chi connectivity index (χ3v) is 2.10. The van der Waals surface area contributed by atoms with Crippen molar-refractivity contribution in [1.82, 2.24) is 0 Å². The molecule has 0 fully saturated rings. The third-order valence-electron chi connectivity index (χ3n) is 0.829. The van der Waals surface area contributed by atoms with Crippen LogP contribution >= 0.6 is 0 Å².